The molecule has 6 atom stereocenters. The van der Waals surface area contributed by atoms with Crippen molar-refractivity contribution in [1.29, 1.82) is 0 Å². The second-order valence-electron chi connectivity index (χ2n) is 11.4. The monoisotopic (exact) mass is 449 g/mol. The predicted octanol–water partition coefficient (Wildman–Crippen LogP) is 2.32. The van der Waals surface area contributed by atoms with Gasteiger partial charge < -0.3 is 20.8 Å². The minimum atomic E-state index is -1.71. The molecule has 7 nitrogen and oxygen atoms in total. The van der Waals surface area contributed by atoms with Gasteiger partial charge in [-0.25, -0.2) is 4.79 Å². The van der Waals surface area contributed by atoms with E-state index in [1.54, 1.807) is 0 Å². The van der Waals surface area contributed by atoms with Gasteiger partial charge in [-0.05, 0) is 95.1 Å². The minimum Gasteiger partial charge on any atom is -0.479 e. The van der Waals surface area contributed by atoms with Gasteiger partial charge in [0.1, 0.15) is 0 Å². The Morgan fingerprint density at radius 2 is 1.66 bits per heavy atom. The molecule has 4 fully saturated rings. The third-order valence-corrected chi connectivity index (χ3v) is 9.19. The zero-order chi connectivity index (χ0) is 22.9. The molecule has 2 aliphatic carbocycles. The highest BCUT2D eigenvalue weighted by molar-refractivity contribution is 5.79. The molecular formula is C25H43N3O4. The van der Waals surface area contributed by atoms with Crippen LogP contribution in [-0.2, 0) is 9.59 Å². The summed E-state index contributed by atoms with van der Waals surface area (Å²) < 4.78 is 0. The Kier molecular flexibility index (Phi) is 7.47. The molecule has 0 aromatic carbocycles. The van der Waals surface area contributed by atoms with Crippen molar-refractivity contribution in [3.05, 3.63) is 0 Å². The summed E-state index contributed by atoms with van der Waals surface area (Å²) in [6.45, 7) is 5.00. The molecule has 1 amide bonds. The van der Waals surface area contributed by atoms with E-state index in [0.717, 1.165) is 76.5 Å². The fourth-order valence-corrected chi connectivity index (χ4v) is 7.24. The molecule has 0 bridgehead atoms. The fraction of sp³-hybridized carbons (Fsp3) is 0.920. The molecule has 6 unspecified atom stereocenters. The first kappa shape index (κ1) is 24.0. The van der Waals surface area contributed by atoms with E-state index in [4.69, 9.17) is 5.73 Å². The third-order valence-electron chi connectivity index (χ3n) is 9.19. The smallest absolute Gasteiger partial charge is 0.336 e. The first-order valence-corrected chi connectivity index (χ1v) is 13.0. The Balaban J connectivity index is 1.25. The Morgan fingerprint density at radius 1 is 0.938 bits per heavy atom. The van der Waals surface area contributed by atoms with Gasteiger partial charge in [0, 0.05) is 31.6 Å². The van der Waals surface area contributed by atoms with Crippen LogP contribution in [0.5, 0.6) is 0 Å². The summed E-state index contributed by atoms with van der Waals surface area (Å²) in [5.74, 6) is 2.00. The molecule has 182 valence electrons. The van der Waals surface area contributed by atoms with Crippen molar-refractivity contribution < 1.29 is 19.8 Å². The fourth-order valence-electron chi connectivity index (χ4n) is 7.24. The Hall–Kier alpha value is -1.18. The second kappa shape index (κ2) is 9.98. The van der Waals surface area contributed by atoms with Crippen LogP contribution in [0.2, 0.25) is 0 Å². The highest BCUT2D eigenvalue weighted by Crippen LogP contribution is 2.42. The maximum atomic E-state index is 13.3. The lowest BCUT2D eigenvalue weighted by atomic mass is 9.72. The Bertz CT molecular complexity index is 676. The first-order valence-electron chi connectivity index (χ1n) is 13.0. The summed E-state index contributed by atoms with van der Waals surface area (Å²) in [7, 11) is 0. The SMILES string of the molecule is CC(O)(CN1CCC2CC(C(=O)N3CCC(C4CCCC(CN)C4)CC3)CCC21)C(=O)O. The van der Waals surface area contributed by atoms with Crippen molar-refractivity contribution in [2.75, 3.05) is 32.7 Å². The lowest BCUT2D eigenvalue weighted by Gasteiger charge is -2.42. The van der Waals surface area contributed by atoms with E-state index in [9.17, 15) is 19.8 Å². The van der Waals surface area contributed by atoms with E-state index in [1.807, 2.05) is 0 Å². The van der Waals surface area contributed by atoms with Crippen molar-refractivity contribution in [2.45, 2.75) is 82.8 Å². The van der Waals surface area contributed by atoms with Gasteiger partial charge in [0.05, 0.1) is 0 Å². The van der Waals surface area contributed by atoms with Crippen LogP contribution < -0.4 is 5.73 Å². The van der Waals surface area contributed by atoms with Crippen molar-refractivity contribution in [3.63, 3.8) is 0 Å². The summed E-state index contributed by atoms with van der Waals surface area (Å²) in [5, 5.41) is 19.4. The number of carbonyl (C=O) groups is 2. The van der Waals surface area contributed by atoms with Crippen LogP contribution in [0.4, 0.5) is 0 Å². The van der Waals surface area contributed by atoms with Gasteiger partial charge >= 0.3 is 5.97 Å². The lowest BCUT2D eigenvalue weighted by Crippen LogP contribution is -2.50. The van der Waals surface area contributed by atoms with Crippen molar-refractivity contribution in [1.82, 2.24) is 9.80 Å². The number of hydrogen-bond donors (Lipinski definition) is 3. The zero-order valence-corrected chi connectivity index (χ0v) is 19.8. The largest absolute Gasteiger partial charge is 0.479 e. The maximum absolute atomic E-state index is 13.3. The van der Waals surface area contributed by atoms with Crippen molar-refractivity contribution >= 4 is 11.9 Å². The summed E-state index contributed by atoms with van der Waals surface area (Å²) in [6, 6.07) is 0.303. The molecule has 2 saturated carbocycles. The molecule has 0 aromatic heterocycles. The number of rotatable bonds is 6. The molecule has 2 saturated heterocycles. The molecular weight excluding hydrogens is 406 g/mol. The highest BCUT2D eigenvalue weighted by Gasteiger charge is 2.45. The highest BCUT2D eigenvalue weighted by atomic mass is 16.4. The number of fused-ring (bicyclic) bond motifs is 1. The first-order chi connectivity index (χ1) is 15.3. The van der Waals surface area contributed by atoms with Crippen LogP contribution >= 0.6 is 0 Å². The van der Waals surface area contributed by atoms with E-state index in [0.29, 0.717) is 23.8 Å². The van der Waals surface area contributed by atoms with Crippen LogP contribution in [0.25, 0.3) is 0 Å². The molecule has 2 aliphatic heterocycles. The number of carboxylic acid groups (broad SMARTS) is 1. The number of carboxylic acids is 1. The average Bonchev–Trinajstić information content (AvgIpc) is 3.20. The van der Waals surface area contributed by atoms with Crippen molar-refractivity contribution in [2.24, 2.45) is 35.3 Å². The van der Waals surface area contributed by atoms with E-state index < -0.39 is 11.6 Å². The predicted molar refractivity (Wildman–Crippen MR) is 123 cm³/mol. The van der Waals surface area contributed by atoms with E-state index in [2.05, 4.69) is 9.80 Å². The molecule has 0 spiro atoms. The van der Waals surface area contributed by atoms with Crippen LogP contribution in [-0.4, -0.2) is 76.3 Å². The molecule has 4 aliphatic rings. The standard InChI is InChI=1S/C25H43N3O4/c1-25(32,24(30)31)16-28-12-9-20-14-21(5-6-22(20)28)23(29)27-10-7-18(8-11-27)19-4-2-3-17(13-19)15-26/h17-22,32H,2-16,26H2,1H3,(H,30,31). The minimum absolute atomic E-state index is 0.115. The van der Waals surface area contributed by atoms with Gasteiger partial charge in [0.2, 0.25) is 5.91 Å². The number of nitrogens with two attached hydrogens (primary N) is 1. The number of piperidine rings is 1. The number of β-amino-alcohol motifs (C(OH)–C–C–N with tert-alkyl or cyclic N) is 1. The number of aliphatic carboxylic acids is 1. The van der Waals surface area contributed by atoms with E-state index >= 15 is 0 Å². The number of amides is 1. The van der Waals surface area contributed by atoms with E-state index in [-0.39, 0.29) is 12.5 Å². The number of carbonyl (C=O) groups excluding carboxylic acids is 1. The van der Waals surface area contributed by atoms with Crippen LogP contribution in [0.15, 0.2) is 0 Å². The average molecular weight is 450 g/mol. The summed E-state index contributed by atoms with van der Waals surface area (Å²) in [5.41, 5.74) is 4.22. The molecule has 4 N–H and O–H groups in total. The maximum Gasteiger partial charge on any atom is 0.336 e. The van der Waals surface area contributed by atoms with Gasteiger partial charge in [-0.2, -0.15) is 0 Å². The number of aliphatic hydroxyl groups is 1. The van der Waals surface area contributed by atoms with Crippen LogP contribution in [0, 0.1) is 29.6 Å². The Morgan fingerprint density at radius 3 is 2.34 bits per heavy atom. The Labute approximate surface area is 192 Å². The number of likely N-dealkylation sites (tertiary alicyclic amines) is 2. The molecule has 32 heavy (non-hydrogen) atoms. The second-order valence-corrected chi connectivity index (χ2v) is 11.4. The van der Waals surface area contributed by atoms with Gasteiger partial charge in [-0.1, -0.05) is 12.8 Å². The quantitative estimate of drug-likeness (QED) is 0.574. The van der Waals surface area contributed by atoms with Crippen LogP contribution in [0.3, 0.4) is 0 Å². The van der Waals surface area contributed by atoms with Gasteiger partial charge in [0.15, 0.2) is 5.60 Å². The summed E-state index contributed by atoms with van der Waals surface area (Å²) in [6.07, 6.45) is 11.2. The van der Waals surface area contributed by atoms with Gasteiger partial charge in [-0.3, -0.25) is 9.69 Å². The van der Waals surface area contributed by atoms with Crippen molar-refractivity contribution in [3.8, 4) is 0 Å². The number of nitrogens with zero attached hydrogens (tertiary/aromatic N) is 2. The number of hydrogen-bond acceptors (Lipinski definition) is 5. The zero-order valence-electron chi connectivity index (χ0n) is 19.8. The van der Waals surface area contributed by atoms with Crippen LogP contribution in [0.1, 0.15) is 71.1 Å². The normalized spacial score (nSPS) is 36.5. The van der Waals surface area contributed by atoms with E-state index in [1.165, 1.54) is 32.6 Å². The molecule has 7 heteroatoms. The topological polar surface area (TPSA) is 107 Å². The molecule has 0 aromatic rings. The summed E-state index contributed by atoms with van der Waals surface area (Å²) >= 11 is 0. The molecule has 4 rings (SSSR count). The third kappa shape index (κ3) is 5.15. The lowest BCUT2D eigenvalue weighted by molar-refractivity contribution is -0.158. The van der Waals surface area contributed by atoms with Gasteiger partial charge in [-0.15, -0.1) is 0 Å². The van der Waals surface area contributed by atoms with Gasteiger partial charge in [0.25, 0.3) is 0 Å². The molecule has 0 radical (unpaired) electrons. The summed E-state index contributed by atoms with van der Waals surface area (Å²) in [4.78, 5) is 28.9. The molecule has 2 heterocycles.